The molecule has 6 heteroatoms. The first-order valence-electron chi connectivity index (χ1n) is 7.02. The van der Waals surface area contributed by atoms with Crippen LogP contribution in [0.2, 0.25) is 0 Å². The second kappa shape index (κ2) is 6.56. The summed E-state index contributed by atoms with van der Waals surface area (Å²) in [5.74, 6) is -1.08. The number of rotatable bonds is 7. The zero-order valence-electron chi connectivity index (χ0n) is 13.0. The number of aromatic nitrogens is 1. The lowest BCUT2D eigenvalue weighted by Crippen LogP contribution is -2.37. The smallest absolute Gasteiger partial charge is 0.311 e. The van der Waals surface area contributed by atoms with Gasteiger partial charge in [0.05, 0.1) is 11.0 Å². The Morgan fingerprint density at radius 3 is 2.33 bits per heavy atom. The third-order valence-electron chi connectivity index (χ3n) is 3.99. The lowest BCUT2D eigenvalue weighted by atomic mass is 9.82. The number of aryl methyl sites for hydroxylation is 2. The molecule has 0 bridgehead atoms. The first-order chi connectivity index (χ1) is 9.77. The topological polar surface area (TPSA) is 105 Å². The zero-order valence-corrected chi connectivity index (χ0v) is 13.0. The molecule has 1 heterocycles. The minimum Gasteiger partial charge on any atom is -0.481 e. The van der Waals surface area contributed by atoms with Gasteiger partial charge in [0, 0.05) is 12.2 Å². The fourth-order valence-electron chi connectivity index (χ4n) is 2.41. The van der Waals surface area contributed by atoms with Crippen molar-refractivity contribution in [3.63, 3.8) is 0 Å². The van der Waals surface area contributed by atoms with E-state index >= 15 is 0 Å². The maximum Gasteiger partial charge on any atom is 0.311 e. The number of anilines is 1. The molecule has 0 saturated carbocycles. The summed E-state index contributed by atoms with van der Waals surface area (Å²) in [4.78, 5) is 27.4. The van der Waals surface area contributed by atoms with Gasteiger partial charge in [0.2, 0.25) is 0 Å². The second-order valence-corrected chi connectivity index (χ2v) is 5.31. The van der Waals surface area contributed by atoms with Gasteiger partial charge < -0.3 is 16.2 Å². The number of amides is 1. The highest BCUT2D eigenvalue weighted by Crippen LogP contribution is 2.28. The van der Waals surface area contributed by atoms with E-state index in [0.29, 0.717) is 24.2 Å². The summed E-state index contributed by atoms with van der Waals surface area (Å²) in [6, 6.07) is 1.77. The molecule has 1 aromatic rings. The summed E-state index contributed by atoms with van der Waals surface area (Å²) in [6.07, 6.45) is 0.977. The van der Waals surface area contributed by atoms with Gasteiger partial charge in [0.15, 0.2) is 0 Å². The molecule has 0 aromatic carbocycles. The van der Waals surface area contributed by atoms with Crippen molar-refractivity contribution in [1.82, 2.24) is 4.98 Å². The molecule has 1 aromatic heterocycles. The van der Waals surface area contributed by atoms with E-state index in [0.717, 1.165) is 11.3 Å². The van der Waals surface area contributed by atoms with Gasteiger partial charge >= 0.3 is 5.97 Å². The van der Waals surface area contributed by atoms with Crippen LogP contribution >= 0.6 is 0 Å². The SMILES string of the molecule is CCC(CC)(CNc1nc(C)cc(C)c1C(N)=O)C(=O)O. The van der Waals surface area contributed by atoms with Crippen molar-refractivity contribution in [2.75, 3.05) is 11.9 Å². The molecule has 0 unspecified atom stereocenters. The van der Waals surface area contributed by atoms with E-state index in [9.17, 15) is 14.7 Å². The minimum absolute atomic E-state index is 0.200. The third-order valence-corrected chi connectivity index (χ3v) is 3.99. The van der Waals surface area contributed by atoms with E-state index in [1.165, 1.54) is 0 Å². The van der Waals surface area contributed by atoms with Gasteiger partial charge in [-0.3, -0.25) is 9.59 Å². The van der Waals surface area contributed by atoms with E-state index in [1.54, 1.807) is 13.0 Å². The van der Waals surface area contributed by atoms with E-state index < -0.39 is 17.3 Å². The van der Waals surface area contributed by atoms with E-state index in [1.807, 2.05) is 20.8 Å². The molecule has 1 amide bonds. The number of hydrogen-bond acceptors (Lipinski definition) is 4. The Morgan fingerprint density at radius 1 is 1.33 bits per heavy atom. The summed E-state index contributed by atoms with van der Waals surface area (Å²) in [5.41, 5.74) is 6.30. The number of hydrogen-bond donors (Lipinski definition) is 3. The molecule has 0 spiro atoms. The van der Waals surface area contributed by atoms with Crippen molar-refractivity contribution in [2.45, 2.75) is 40.5 Å². The molecule has 0 radical (unpaired) electrons. The van der Waals surface area contributed by atoms with Crippen LogP contribution in [0.3, 0.4) is 0 Å². The number of nitrogens with one attached hydrogen (secondary N) is 1. The van der Waals surface area contributed by atoms with E-state index in [-0.39, 0.29) is 6.54 Å². The fourth-order valence-corrected chi connectivity index (χ4v) is 2.41. The number of nitrogens with zero attached hydrogens (tertiary/aromatic N) is 1. The van der Waals surface area contributed by atoms with Crippen LogP contribution in [-0.2, 0) is 4.79 Å². The summed E-state index contributed by atoms with van der Waals surface area (Å²) in [6.45, 7) is 7.47. The first-order valence-corrected chi connectivity index (χ1v) is 7.02. The number of carbonyl (C=O) groups is 2. The summed E-state index contributed by atoms with van der Waals surface area (Å²) < 4.78 is 0. The number of nitrogens with two attached hydrogens (primary N) is 1. The quantitative estimate of drug-likeness (QED) is 0.714. The largest absolute Gasteiger partial charge is 0.481 e. The number of pyridine rings is 1. The Morgan fingerprint density at radius 2 is 1.90 bits per heavy atom. The maximum atomic E-state index is 11.6. The first kappa shape index (κ1) is 16.9. The predicted molar refractivity (Wildman–Crippen MR) is 81.4 cm³/mol. The summed E-state index contributed by atoms with van der Waals surface area (Å²) >= 11 is 0. The van der Waals surface area contributed by atoms with Crippen molar-refractivity contribution in [3.8, 4) is 0 Å². The van der Waals surface area contributed by atoms with Gasteiger partial charge in [0.1, 0.15) is 5.82 Å². The number of aliphatic carboxylic acids is 1. The Labute approximate surface area is 124 Å². The standard InChI is InChI=1S/C15H23N3O3/c1-5-15(6-2,14(20)21)8-17-13-11(12(16)19)9(3)7-10(4)18-13/h7H,5-6,8H2,1-4H3,(H2,16,19)(H,17,18)(H,20,21). The molecule has 4 N–H and O–H groups in total. The highest BCUT2D eigenvalue weighted by Gasteiger charge is 2.35. The molecule has 0 fully saturated rings. The van der Waals surface area contributed by atoms with Crippen LogP contribution < -0.4 is 11.1 Å². The monoisotopic (exact) mass is 293 g/mol. The maximum absolute atomic E-state index is 11.6. The van der Waals surface area contributed by atoms with Gasteiger partial charge in [-0.15, -0.1) is 0 Å². The van der Waals surface area contributed by atoms with Crippen LogP contribution in [-0.4, -0.2) is 28.5 Å². The fraction of sp³-hybridized carbons (Fsp3) is 0.533. The minimum atomic E-state index is -0.881. The molecule has 0 aliphatic heterocycles. The third kappa shape index (κ3) is 3.51. The van der Waals surface area contributed by atoms with Crippen LogP contribution in [0.5, 0.6) is 0 Å². The highest BCUT2D eigenvalue weighted by molar-refractivity contribution is 5.99. The molecule has 0 aliphatic rings. The molecule has 1 rings (SSSR count). The van der Waals surface area contributed by atoms with Crippen molar-refractivity contribution in [1.29, 1.82) is 0 Å². The van der Waals surface area contributed by atoms with Gasteiger partial charge in [0.25, 0.3) is 5.91 Å². The van der Waals surface area contributed by atoms with Crippen molar-refractivity contribution < 1.29 is 14.7 Å². The lowest BCUT2D eigenvalue weighted by Gasteiger charge is -2.27. The average molecular weight is 293 g/mol. The number of carboxylic acids is 1. The molecule has 0 aliphatic carbocycles. The number of carboxylic acid groups (broad SMARTS) is 1. The molecule has 0 saturated heterocycles. The Hall–Kier alpha value is -2.11. The van der Waals surface area contributed by atoms with Crippen LogP contribution in [0.15, 0.2) is 6.07 Å². The van der Waals surface area contributed by atoms with E-state index in [4.69, 9.17) is 5.73 Å². The Bertz CT molecular complexity index is 551. The Balaban J connectivity index is 3.13. The van der Waals surface area contributed by atoms with Crippen molar-refractivity contribution in [3.05, 3.63) is 22.9 Å². The van der Waals surface area contributed by atoms with Crippen molar-refractivity contribution in [2.24, 2.45) is 11.1 Å². The van der Waals surface area contributed by atoms with Gasteiger partial charge in [-0.2, -0.15) is 0 Å². The van der Waals surface area contributed by atoms with Gasteiger partial charge in [-0.1, -0.05) is 13.8 Å². The number of primary amides is 1. The number of carbonyl (C=O) groups excluding carboxylic acids is 1. The molecule has 0 atom stereocenters. The van der Waals surface area contributed by atoms with Crippen molar-refractivity contribution >= 4 is 17.7 Å². The zero-order chi connectivity index (χ0) is 16.2. The summed E-state index contributed by atoms with van der Waals surface area (Å²) in [7, 11) is 0. The van der Waals surface area contributed by atoms with E-state index in [2.05, 4.69) is 10.3 Å². The molecular weight excluding hydrogens is 270 g/mol. The van der Waals surface area contributed by atoms with Gasteiger partial charge in [-0.05, 0) is 38.3 Å². The molecule has 116 valence electrons. The predicted octanol–water partition coefficient (Wildman–Crippen LogP) is 2.10. The van der Waals surface area contributed by atoms with Gasteiger partial charge in [-0.25, -0.2) is 4.98 Å². The van der Waals surface area contributed by atoms with Crippen LogP contribution in [0, 0.1) is 19.3 Å². The average Bonchev–Trinajstić information content (AvgIpc) is 2.38. The molecule has 6 nitrogen and oxygen atoms in total. The summed E-state index contributed by atoms with van der Waals surface area (Å²) in [5, 5.41) is 12.4. The Kier molecular flexibility index (Phi) is 5.29. The van der Waals surface area contributed by atoms with Crippen LogP contribution in [0.25, 0.3) is 0 Å². The van der Waals surface area contributed by atoms with Crippen LogP contribution in [0.1, 0.15) is 48.3 Å². The lowest BCUT2D eigenvalue weighted by molar-refractivity contribution is -0.148. The second-order valence-electron chi connectivity index (χ2n) is 5.31. The highest BCUT2D eigenvalue weighted by atomic mass is 16.4. The van der Waals surface area contributed by atoms with Crippen LogP contribution in [0.4, 0.5) is 5.82 Å². The molecular formula is C15H23N3O3. The normalized spacial score (nSPS) is 11.2. The molecule has 21 heavy (non-hydrogen) atoms.